The van der Waals surface area contributed by atoms with Gasteiger partial charge in [0.05, 0.1) is 11.9 Å². The van der Waals surface area contributed by atoms with Crippen molar-refractivity contribution in [3.63, 3.8) is 0 Å². The Morgan fingerprint density at radius 1 is 1.16 bits per heavy atom. The molecule has 0 N–H and O–H groups in total. The quantitative estimate of drug-likeness (QED) is 0.518. The summed E-state index contributed by atoms with van der Waals surface area (Å²) in [6.07, 6.45) is 1.91. The molecule has 0 aliphatic heterocycles. The number of esters is 1. The number of sulfonamides is 1. The van der Waals surface area contributed by atoms with Gasteiger partial charge in [0.25, 0.3) is 0 Å². The first-order chi connectivity index (χ1) is 11.8. The fourth-order valence-corrected chi connectivity index (χ4v) is 3.24. The second-order valence-electron chi connectivity index (χ2n) is 5.49. The maximum absolute atomic E-state index is 12.1. The normalized spacial score (nSPS) is 11.1. The van der Waals surface area contributed by atoms with E-state index in [2.05, 4.69) is 0 Å². The number of carbonyl (C=O) groups is 2. The van der Waals surface area contributed by atoms with E-state index in [9.17, 15) is 18.0 Å². The van der Waals surface area contributed by atoms with Gasteiger partial charge in [0.15, 0.2) is 12.4 Å². The van der Waals surface area contributed by atoms with Crippen molar-refractivity contribution < 1.29 is 22.7 Å². The van der Waals surface area contributed by atoms with E-state index in [0.29, 0.717) is 17.7 Å². The monoisotopic (exact) mass is 381 g/mol. The van der Waals surface area contributed by atoms with Gasteiger partial charge in [-0.1, -0.05) is 0 Å². The summed E-state index contributed by atoms with van der Waals surface area (Å²) in [5.74, 6) is -0.759. The van der Waals surface area contributed by atoms with Crippen molar-refractivity contribution in [3.8, 4) is 0 Å². The fourth-order valence-electron chi connectivity index (χ4n) is 2.03. The minimum absolute atomic E-state index is 0.224. The third-order valence-corrected chi connectivity index (χ3v) is 5.55. The Kier molecular flexibility index (Phi) is 6.33. The number of nitrogens with zero attached hydrogens (tertiary/aromatic N) is 1. The van der Waals surface area contributed by atoms with Crippen molar-refractivity contribution >= 4 is 38.8 Å². The Balaban J connectivity index is 1.85. The van der Waals surface area contributed by atoms with Crippen molar-refractivity contribution in [3.05, 3.63) is 52.2 Å². The van der Waals surface area contributed by atoms with Gasteiger partial charge in [-0.15, -0.1) is 0 Å². The number of carbonyl (C=O) groups excluding carboxylic acids is 2. The molecule has 1 heterocycles. The van der Waals surface area contributed by atoms with Crippen LogP contribution in [0.2, 0.25) is 0 Å². The smallest absolute Gasteiger partial charge is 0.306 e. The summed E-state index contributed by atoms with van der Waals surface area (Å²) in [7, 11) is -1.92. The van der Waals surface area contributed by atoms with Crippen LogP contribution in [-0.2, 0) is 26.0 Å². The van der Waals surface area contributed by atoms with Gasteiger partial charge in [0.2, 0.25) is 10.0 Å². The van der Waals surface area contributed by atoms with Gasteiger partial charge in [0.1, 0.15) is 0 Å². The van der Waals surface area contributed by atoms with Crippen molar-refractivity contribution in [1.29, 1.82) is 0 Å². The number of benzene rings is 1. The highest BCUT2D eigenvalue weighted by molar-refractivity contribution is 7.92. The molecule has 0 unspecified atom stereocenters. The lowest BCUT2D eigenvalue weighted by molar-refractivity contribution is -0.142. The van der Waals surface area contributed by atoms with E-state index in [0.717, 1.165) is 16.1 Å². The van der Waals surface area contributed by atoms with E-state index in [1.807, 2.05) is 16.8 Å². The van der Waals surface area contributed by atoms with Crippen LogP contribution in [0, 0.1) is 0 Å². The molecule has 6 nitrogen and oxygen atoms in total. The van der Waals surface area contributed by atoms with Crippen LogP contribution < -0.4 is 4.31 Å². The Hall–Kier alpha value is -2.19. The molecule has 0 aliphatic carbocycles. The standard InChI is InChI=1S/C17H19NO5S2/c1-18(25(2,21)22)15-6-4-14(5-7-15)16(19)11-23-17(20)8-3-13-9-10-24-12-13/h4-7,9-10,12H,3,8,11H2,1-2H3. The molecule has 0 saturated heterocycles. The number of hydrogen-bond donors (Lipinski definition) is 0. The van der Waals surface area contributed by atoms with Crippen LogP contribution in [-0.4, -0.2) is 40.1 Å². The summed E-state index contributed by atoms with van der Waals surface area (Å²) in [4.78, 5) is 23.7. The van der Waals surface area contributed by atoms with Crippen LogP contribution in [0.5, 0.6) is 0 Å². The fraction of sp³-hybridized carbons (Fsp3) is 0.294. The zero-order valence-corrected chi connectivity index (χ0v) is 15.6. The molecule has 0 radical (unpaired) electrons. The van der Waals surface area contributed by atoms with Gasteiger partial charge in [-0.25, -0.2) is 8.42 Å². The van der Waals surface area contributed by atoms with Crippen LogP contribution in [0.25, 0.3) is 0 Å². The second kappa shape index (κ2) is 8.26. The minimum atomic E-state index is -3.36. The van der Waals surface area contributed by atoms with Crippen molar-refractivity contribution in [1.82, 2.24) is 0 Å². The average molecular weight is 381 g/mol. The van der Waals surface area contributed by atoms with Gasteiger partial charge in [-0.2, -0.15) is 11.3 Å². The predicted molar refractivity (Wildman–Crippen MR) is 97.6 cm³/mol. The summed E-state index contributed by atoms with van der Waals surface area (Å²) in [5, 5.41) is 3.91. The molecular formula is C17H19NO5S2. The first-order valence-corrected chi connectivity index (χ1v) is 10.3. The lowest BCUT2D eigenvalue weighted by Crippen LogP contribution is -2.24. The number of aryl methyl sites for hydroxylation is 1. The molecule has 2 aromatic rings. The Bertz CT molecular complexity index is 826. The molecule has 0 aliphatic rings. The summed E-state index contributed by atoms with van der Waals surface area (Å²) in [6.45, 7) is -0.330. The molecule has 1 aromatic heterocycles. The first kappa shape index (κ1) is 19.1. The van der Waals surface area contributed by atoms with Crippen molar-refractivity contribution in [2.45, 2.75) is 12.8 Å². The van der Waals surface area contributed by atoms with E-state index in [1.54, 1.807) is 11.3 Å². The van der Waals surface area contributed by atoms with Gasteiger partial charge < -0.3 is 4.74 Å². The highest BCUT2D eigenvalue weighted by Crippen LogP contribution is 2.16. The molecule has 0 atom stereocenters. The molecule has 0 saturated carbocycles. The maximum atomic E-state index is 12.1. The molecule has 25 heavy (non-hydrogen) atoms. The maximum Gasteiger partial charge on any atom is 0.306 e. The Labute approximate surface area is 151 Å². The van der Waals surface area contributed by atoms with E-state index in [-0.39, 0.29) is 18.8 Å². The van der Waals surface area contributed by atoms with E-state index in [4.69, 9.17) is 4.74 Å². The zero-order chi connectivity index (χ0) is 18.4. The average Bonchev–Trinajstić information content (AvgIpc) is 3.10. The molecule has 1 aromatic carbocycles. The number of anilines is 1. The number of ketones is 1. The van der Waals surface area contributed by atoms with Gasteiger partial charge in [-0.3, -0.25) is 13.9 Å². The van der Waals surface area contributed by atoms with E-state index < -0.39 is 16.0 Å². The number of hydrogen-bond acceptors (Lipinski definition) is 6. The highest BCUT2D eigenvalue weighted by atomic mass is 32.2. The summed E-state index contributed by atoms with van der Waals surface area (Å²) >= 11 is 1.56. The van der Waals surface area contributed by atoms with Gasteiger partial charge in [0, 0.05) is 19.0 Å². The van der Waals surface area contributed by atoms with Crippen molar-refractivity contribution in [2.24, 2.45) is 0 Å². The predicted octanol–water partition coefficient (Wildman–Crippen LogP) is 2.50. The third kappa shape index (κ3) is 5.68. The number of thiophene rings is 1. The topological polar surface area (TPSA) is 80.8 Å². The zero-order valence-electron chi connectivity index (χ0n) is 14.0. The molecular weight excluding hydrogens is 362 g/mol. The molecule has 0 bridgehead atoms. The number of rotatable bonds is 8. The molecule has 0 amide bonds. The first-order valence-electron chi connectivity index (χ1n) is 7.51. The highest BCUT2D eigenvalue weighted by Gasteiger charge is 2.14. The number of ether oxygens (including phenoxy) is 1. The van der Waals surface area contributed by atoms with Gasteiger partial charge in [-0.05, 0) is 53.1 Å². The number of Topliss-reactive ketones (excluding diaryl/α,β-unsaturated/α-hetero) is 1. The Morgan fingerprint density at radius 3 is 2.40 bits per heavy atom. The van der Waals surface area contributed by atoms with Crippen LogP contribution >= 0.6 is 11.3 Å². The van der Waals surface area contributed by atoms with Crippen LogP contribution in [0.3, 0.4) is 0 Å². The molecule has 8 heteroatoms. The Morgan fingerprint density at radius 2 is 1.84 bits per heavy atom. The molecule has 134 valence electrons. The second-order valence-corrected chi connectivity index (χ2v) is 8.29. The van der Waals surface area contributed by atoms with Gasteiger partial charge >= 0.3 is 5.97 Å². The summed E-state index contributed by atoms with van der Waals surface area (Å²) in [6, 6.07) is 8.04. The molecule has 0 fully saturated rings. The third-order valence-electron chi connectivity index (χ3n) is 3.61. The minimum Gasteiger partial charge on any atom is -0.457 e. The summed E-state index contributed by atoms with van der Waals surface area (Å²) < 4.78 is 29.1. The lowest BCUT2D eigenvalue weighted by Gasteiger charge is -2.16. The van der Waals surface area contributed by atoms with E-state index in [1.165, 1.54) is 31.3 Å². The van der Waals surface area contributed by atoms with Crippen molar-refractivity contribution in [2.75, 3.05) is 24.2 Å². The van der Waals surface area contributed by atoms with Crippen LogP contribution in [0.1, 0.15) is 22.3 Å². The summed E-state index contributed by atoms with van der Waals surface area (Å²) in [5.41, 5.74) is 1.88. The molecule has 0 spiro atoms. The SMILES string of the molecule is CN(c1ccc(C(=O)COC(=O)CCc2ccsc2)cc1)S(C)(=O)=O. The van der Waals surface area contributed by atoms with Crippen LogP contribution in [0.4, 0.5) is 5.69 Å². The van der Waals surface area contributed by atoms with E-state index >= 15 is 0 Å². The lowest BCUT2D eigenvalue weighted by atomic mass is 10.1. The largest absolute Gasteiger partial charge is 0.457 e. The molecule has 2 rings (SSSR count). The van der Waals surface area contributed by atoms with Crippen LogP contribution in [0.15, 0.2) is 41.1 Å².